The van der Waals surface area contributed by atoms with Gasteiger partial charge in [-0.15, -0.1) is 0 Å². The second kappa shape index (κ2) is 10.6. The first-order valence-electron chi connectivity index (χ1n) is 13.4. The lowest BCUT2D eigenvalue weighted by Gasteiger charge is -2.39. The van der Waals surface area contributed by atoms with Gasteiger partial charge in [0.2, 0.25) is 11.8 Å². The van der Waals surface area contributed by atoms with Gasteiger partial charge in [-0.2, -0.15) is 8.78 Å². The molecule has 0 spiro atoms. The zero-order chi connectivity index (χ0) is 28.8. The van der Waals surface area contributed by atoms with Crippen molar-refractivity contribution in [3.63, 3.8) is 0 Å². The monoisotopic (exact) mass is 578 g/mol. The third kappa shape index (κ3) is 5.77. The minimum Gasteiger partial charge on any atom is -0.466 e. The number of pyridine rings is 1. The van der Waals surface area contributed by atoms with E-state index in [4.69, 9.17) is 21.1 Å². The molecular formula is C27H33ClF2N6O4. The Morgan fingerprint density at radius 1 is 1.12 bits per heavy atom. The van der Waals surface area contributed by atoms with Crippen molar-refractivity contribution in [2.45, 2.75) is 64.5 Å². The van der Waals surface area contributed by atoms with Crippen molar-refractivity contribution in [2.75, 3.05) is 44.2 Å². The molecule has 2 aromatic rings. The highest BCUT2D eigenvalue weighted by molar-refractivity contribution is 6.32. The smallest absolute Gasteiger partial charge is 0.410 e. The molecule has 0 N–H and O–H groups in total. The molecule has 216 valence electrons. The van der Waals surface area contributed by atoms with Gasteiger partial charge in [-0.05, 0) is 46.6 Å². The van der Waals surface area contributed by atoms with Gasteiger partial charge >= 0.3 is 6.09 Å². The fourth-order valence-electron chi connectivity index (χ4n) is 4.94. The molecule has 2 amide bonds. The van der Waals surface area contributed by atoms with E-state index in [0.717, 1.165) is 6.42 Å². The van der Waals surface area contributed by atoms with Crippen LogP contribution in [0.1, 0.15) is 51.8 Å². The predicted octanol–water partition coefficient (Wildman–Crippen LogP) is 4.29. The van der Waals surface area contributed by atoms with Gasteiger partial charge in [0.05, 0.1) is 5.69 Å². The normalized spacial score (nSPS) is 20.2. The summed E-state index contributed by atoms with van der Waals surface area (Å²) in [5, 5.41) is 0.135. The molecule has 0 unspecified atom stereocenters. The number of piperazine rings is 1. The van der Waals surface area contributed by atoms with Crippen LogP contribution in [-0.4, -0.2) is 87.7 Å². The Morgan fingerprint density at radius 3 is 2.42 bits per heavy atom. The standard InChI is InChI=1S/C27H33ClF2N6O4/c1-16-6-8-36(16)24-32-21(18-5-7-27(29,30)22(18)33-24)17-13-19(28)23(31-14-17)39-15-20(37)34-9-11-35(12-10-34)25(38)40-26(2,3)4/h13-14,16H,5-12,15H2,1-4H3/t16-/m0/s1. The maximum Gasteiger partial charge on any atom is 0.410 e. The van der Waals surface area contributed by atoms with E-state index in [1.165, 1.54) is 6.20 Å². The summed E-state index contributed by atoms with van der Waals surface area (Å²) in [5.41, 5.74) is 0.437. The van der Waals surface area contributed by atoms with Crippen LogP contribution < -0.4 is 9.64 Å². The predicted molar refractivity (Wildman–Crippen MR) is 144 cm³/mol. The third-order valence-corrected chi connectivity index (χ3v) is 7.58. The molecule has 4 heterocycles. The first kappa shape index (κ1) is 28.3. The van der Waals surface area contributed by atoms with E-state index in [9.17, 15) is 18.4 Å². The van der Waals surface area contributed by atoms with Gasteiger partial charge in [-0.1, -0.05) is 11.6 Å². The fourth-order valence-corrected chi connectivity index (χ4v) is 5.16. The highest BCUT2D eigenvalue weighted by Crippen LogP contribution is 2.45. The molecule has 5 rings (SSSR count). The van der Waals surface area contributed by atoms with E-state index in [1.54, 1.807) is 36.6 Å². The van der Waals surface area contributed by atoms with E-state index in [-0.39, 0.29) is 53.9 Å². The van der Waals surface area contributed by atoms with Crippen LogP contribution in [0, 0.1) is 0 Å². The lowest BCUT2D eigenvalue weighted by atomic mass is 10.0. The van der Waals surface area contributed by atoms with E-state index < -0.39 is 17.6 Å². The van der Waals surface area contributed by atoms with Crippen LogP contribution in [0.15, 0.2) is 12.3 Å². The highest BCUT2D eigenvalue weighted by atomic mass is 35.5. The molecule has 3 aliphatic rings. The van der Waals surface area contributed by atoms with E-state index in [0.29, 0.717) is 49.5 Å². The van der Waals surface area contributed by atoms with Crippen LogP contribution in [0.5, 0.6) is 5.88 Å². The summed E-state index contributed by atoms with van der Waals surface area (Å²) in [6.45, 7) is 9.25. The number of anilines is 1. The van der Waals surface area contributed by atoms with Crippen LogP contribution >= 0.6 is 11.6 Å². The highest BCUT2D eigenvalue weighted by Gasteiger charge is 2.44. The number of hydrogen-bond donors (Lipinski definition) is 0. The van der Waals surface area contributed by atoms with Gasteiger partial charge in [-0.3, -0.25) is 4.79 Å². The largest absolute Gasteiger partial charge is 0.466 e. The van der Waals surface area contributed by atoms with Gasteiger partial charge in [0.25, 0.3) is 11.8 Å². The van der Waals surface area contributed by atoms with Gasteiger partial charge in [0, 0.05) is 62.5 Å². The SMILES string of the molecule is C[C@H]1CCN1c1nc(-c2cnc(OCC(=O)N3CCN(C(=O)OC(C)(C)C)CC3)c(Cl)c2)c2c(n1)C(F)(F)CC2. The first-order chi connectivity index (χ1) is 18.8. The zero-order valence-corrected chi connectivity index (χ0v) is 23.8. The van der Waals surface area contributed by atoms with Gasteiger partial charge in [0.15, 0.2) is 6.61 Å². The molecule has 2 aromatic heterocycles. The molecular weight excluding hydrogens is 546 g/mol. The number of fused-ring (bicyclic) bond motifs is 1. The Balaban J connectivity index is 1.25. The maximum absolute atomic E-state index is 14.7. The molecule has 0 bridgehead atoms. The number of carbonyl (C=O) groups is 2. The van der Waals surface area contributed by atoms with Crippen molar-refractivity contribution < 1.29 is 27.8 Å². The average molecular weight is 579 g/mol. The molecule has 40 heavy (non-hydrogen) atoms. The lowest BCUT2D eigenvalue weighted by Crippen LogP contribution is -2.52. The first-order valence-corrected chi connectivity index (χ1v) is 13.8. The molecule has 2 aliphatic heterocycles. The molecule has 10 nitrogen and oxygen atoms in total. The lowest BCUT2D eigenvalue weighted by molar-refractivity contribution is -0.135. The van der Waals surface area contributed by atoms with Crippen molar-refractivity contribution >= 4 is 29.5 Å². The number of aromatic nitrogens is 3. The summed E-state index contributed by atoms with van der Waals surface area (Å²) >= 11 is 6.45. The molecule has 0 radical (unpaired) electrons. The molecule has 2 fully saturated rings. The minimum absolute atomic E-state index is 0.0544. The number of ether oxygens (including phenoxy) is 2. The summed E-state index contributed by atoms with van der Waals surface area (Å²) in [5.74, 6) is -2.95. The van der Waals surface area contributed by atoms with Crippen LogP contribution in [0.2, 0.25) is 5.02 Å². The molecule has 1 aliphatic carbocycles. The second-order valence-electron chi connectivity index (χ2n) is 11.4. The van der Waals surface area contributed by atoms with Crippen molar-refractivity contribution in [3.05, 3.63) is 28.5 Å². The summed E-state index contributed by atoms with van der Waals surface area (Å²) in [6.07, 6.45) is 1.84. The van der Waals surface area contributed by atoms with Crippen molar-refractivity contribution in [2.24, 2.45) is 0 Å². The second-order valence-corrected chi connectivity index (χ2v) is 11.8. The Bertz CT molecular complexity index is 1310. The number of rotatable bonds is 5. The van der Waals surface area contributed by atoms with E-state index in [2.05, 4.69) is 15.0 Å². The van der Waals surface area contributed by atoms with Crippen LogP contribution in [-0.2, 0) is 21.9 Å². The van der Waals surface area contributed by atoms with Crippen LogP contribution in [0.4, 0.5) is 19.5 Å². The molecule has 0 aromatic carbocycles. The Morgan fingerprint density at radius 2 is 1.82 bits per heavy atom. The summed E-state index contributed by atoms with van der Waals surface area (Å²) in [7, 11) is 0. The van der Waals surface area contributed by atoms with Crippen LogP contribution in [0.25, 0.3) is 11.3 Å². The summed E-state index contributed by atoms with van der Waals surface area (Å²) in [4.78, 5) is 43.2. The average Bonchev–Trinajstić information content (AvgIpc) is 3.19. The van der Waals surface area contributed by atoms with E-state index in [1.807, 2.05) is 11.8 Å². The summed E-state index contributed by atoms with van der Waals surface area (Å²) in [6, 6.07) is 1.74. The van der Waals surface area contributed by atoms with Crippen molar-refractivity contribution in [3.8, 4) is 17.1 Å². The number of carbonyl (C=O) groups excluding carboxylic acids is 2. The Hall–Kier alpha value is -3.28. The zero-order valence-electron chi connectivity index (χ0n) is 23.0. The fraction of sp³-hybridized carbons (Fsp3) is 0.593. The molecule has 2 saturated heterocycles. The van der Waals surface area contributed by atoms with Crippen molar-refractivity contribution in [1.29, 1.82) is 0 Å². The number of hydrogen-bond acceptors (Lipinski definition) is 8. The van der Waals surface area contributed by atoms with E-state index >= 15 is 0 Å². The summed E-state index contributed by atoms with van der Waals surface area (Å²) < 4.78 is 40.3. The van der Waals surface area contributed by atoms with Crippen molar-refractivity contribution in [1.82, 2.24) is 24.8 Å². The minimum atomic E-state index is -3.02. The maximum atomic E-state index is 14.7. The topological polar surface area (TPSA) is 101 Å². The van der Waals surface area contributed by atoms with Gasteiger partial charge in [0.1, 0.15) is 16.3 Å². The number of nitrogens with zero attached hydrogens (tertiary/aromatic N) is 6. The quantitative estimate of drug-likeness (QED) is 0.518. The molecule has 13 heteroatoms. The van der Waals surface area contributed by atoms with Gasteiger partial charge in [-0.25, -0.2) is 19.7 Å². The van der Waals surface area contributed by atoms with Gasteiger partial charge < -0.3 is 24.2 Å². The molecule has 0 saturated carbocycles. The number of amides is 2. The third-order valence-electron chi connectivity index (χ3n) is 7.30. The number of alkyl halides is 2. The van der Waals surface area contributed by atoms with Crippen LogP contribution in [0.3, 0.4) is 0 Å². The molecule has 1 atom stereocenters. The Kier molecular flexibility index (Phi) is 7.49. The number of halogens is 3. The Labute approximate surface area is 236 Å².